The minimum atomic E-state index is 0.157. The van der Waals surface area contributed by atoms with E-state index in [9.17, 15) is 4.79 Å². The highest BCUT2D eigenvalue weighted by Gasteiger charge is 2.24. The molecule has 1 aliphatic carbocycles. The number of amides is 1. The molecule has 2 aromatic rings. The molecule has 1 amide bonds. The minimum Gasteiger partial charge on any atom is -0.352 e. The van der Waals surface area contributed by atoms with E-state index in [1.165, 1.54) is 36.0 Å². The Morgan fingerprint density at radius 3 is 2.76 bits per heavy atom. The van der Waals surface area contributed by atoms with Crippen molar-refractivity contribution >= 4 is 5.91 Å². The van der Waals surface area contributed by atoms with Crippen LogP contribution < -0.4 is 5.32 Å². The molecule has 3 nitrogen and oxygen atoms in total. The quantitative estimate of drug-likeness (QED) is 0.911. The van der Waals surface area contributed by atoms with Crippen LogP contribution in [0.3, 0.4) is 0 Å². The molecule has 0 bridgehead atoms. The first-order chi connectivity index (χ1) is 12.3. The van der Waals surface area contributed by atoms with E-state index >= 15 is 0 Å². The van der Waals surface area contributed by atoms with E-state index in [2.05, 4.69) is 58.7 Å². The number of carbonyl (C=O) groups excluding carboxylic acids is 1. The van der Waals surface area contributed by atoms with Crippen LogP contribution in [0.2, 0.25) is 0 Å². The predicted octanol–water partition coefficient (Wildman–Crippen LogP) is 3.11. The summed E-state index contributed by atoms with van der Waals surface area (Å²) < 4.78 is 0. The van der Waals surface area contributed by atoms with Gasteiger partial charge in [-0.25, -0.2) is 0 Å². The Bertz CT molecular complexity index is 741. The third kappa shape index (κ3) is 4.10. The van der Waals surface area contributed by atoms with Gasteiger partial charge < -0.3 is 5.32 Å². The number of rotatable bonds is 5. The molecule has 3 heteroatoms. The number of carbonyl (C=O) groups is 1. The predicted molar refractivity (Wildman–Crippen MR) is 100 cm³/mol. The van der Waals surface area contributed by atoms with Gasteiger partial charge in [0, 0.05) is 25.7 Å². The number of likely N-dealkylation sites (tertiary alicyclic amines) is 1. The molecule has 1 fully saturated rings. The smallest absolute Gasteiger partial charge is 0.224 e. The van der Waals surface area contributed by atoms with Crippen LogP contribution in [-0.2, 0) is 30.6 Å². The molecule has 2 aliphatic rings. The van der Waals surface area contributed by atoms with Gasteiger partial charge in [0.25, 0.3) is 0 Å². The summed E-state index contributed by atoms with van der Waals surface area (Å²) in [5.74, 6) is 0.157. The molecule has 0 aromatic heterocycles. The zero-order valence-electron chi connectivity index (χ0n) is 14.7. The molecule has 1 aliphatic heterocycles. The van der Waals surface area contributed by atoms with Gasteiger partial charge in [-0.05, 0) is 47.9 Å². The van der Waals surface area contributed by atoms with E-state index in [4.69, 9.17) is 0 Å². The van der Waals surface area contributed by atoms with E-state index in [0.29, 0.717) is 6.42 Å². The van der Waals surface area contributed by atoms with Gasteiger partial charge in [-0.2, -0.15) is 0 Å². The second-order valence-corrected chi connectivity index (χ2v) is 7.41. The highest BCUT2D eigenvalue weighted by Crippen LogP contribution is 2.23. The maximum atomic E-state index is 12.4. The van der Waals surface area contributed by atoms with Crippen molar-refractivity contribution in [2.24, 2.45) is 0 Å². The molecule has 0 spiro atoms. The maximum absolute atomic E-state index is 12.4. The molecule has 0 saturated carbocycles. The van der Waals surface area contributed by atoms with Crippen molar-refractivity contribution in [1.82, 2.24) is 10.2 Å². The molecule has 0 unspecified atom stereocenters. The van der Waals surface area contributed by atoms with E-state index < -0.39 is 0 Å². The number of nitrogens with zero attached hydrogens (tertiary/aromatic N) is 1. The van der Waals surface area contributed by atoms with Crippen LogP contribution in [0.15, 0.2) is 48.5 Å². The van der Waals surface area contributed by atoms with Gasteiger partial charge in [-0.3, -0.25) is 9.69 Å². The Kier molecular flexibility index (Phi) is 4.84. The average molecular weight is 334 g/mol. The van der Waals surface area contributed by atoms with Gasteiger partial charge in [-0.15, -0.1) is 0 Å². The van der Waals surface area contributed by atoms with E-state index in [-0.39, 0.29) is 11.9 Å². The van der Waals surface area contributed by atoms with Crippen molar-refractivity contribution in [3.05, 3.63) is 70.8 Å². The van der Waals surface area contributed by atoms with Crippen LogP contribution in [0.5, 0.6) is 0 Å². The molecule has 2 aromatic carbocycles. The monoisotopic (exact) mass is 334 g/mol. The molecule has 1 saturated heterocycles. The van der Waals surface area contributed by atoms with Crippen molar-refractivity contribution in [3.8, 4) is 0 Å². The number of nitrogens with one attached hydrogen (secondary N) is 1. The number of fused-ring (bicyclic) bond motifs is 1. The zero-order chi connectivity index (χ0) is 17.1. The highest BCUT2D eigenvalue weighted by molar-refractivity contribution is 5.79. The van der Waals surface area contributed by atoms with Crippen LogP contribution in [0.1, 0.15) is 35.1 Å². The number of benzene rings is 2. The molecular weight excluding hydrogens is 308 g/mol. The van der Waals surface area contributed by atoms with E-state index in [0.717, 1.165) is 31.6 Å². The zero-order valence-corrected chi connectivity index (χ0v) is 14.7. The lowest BCUT2D eigenvalue weighted by Gasteiger charge is -2.17. The summed E-state index contributed by atoms with van der Waals surface area (Å²) in [5.41, 5.74) is 5.40. The molecular formula is C22H26N2O. The van der Waals surface area contributed by atoms with Gasteiger partial charge >= 0.3 is 0 Å². The normalized spacial score (nSPS) is 19.8. The second-order valence-electron chi connectivity index (χ2n) is 7.41. The minimum absolute atomic E-state index is 0.157. The van der Waals surface area contributed by atoms with E-state index in [1.54, 1.807) is 0 Å². The van der Waals surface area contributed by atoms with Crippen molar-refractivity contribution in [2.75, 3.05) is 13.1 Å². The first-order valence-corrected chi connectivity index (χ1v) is 9.42. The van der Waals surface area contributed by atoms with Crippen LogP contribution in [-0.4, -0.2) is 29.9 Å². The highest BCUT2D eigenvalue weighted by atomic mass is 16.1. The third-order valence-corrected chi connectivity index (χ3v) is 5.41. The van der Waals surface area contributed by atoms with Gasteiger partial charge in [-0.1, -0.05) is 48.5 Å². The second kappa shape index (κ2) is 7.40. The summed E-state index contributed by atoms with van der Waals surface area (Å²) in [6.07, 6.45) is 5.17. The first-order valence-electron chi connectivity index (χ1n) is 9.42. The van der Waals surface area contributed by atoms with Crippen LogP contribution >= 0.6 is 0 Å². The van der Waals surface area contributed by atoms with Crippen LogP contribution in [0, 0.1) is 0 Å². The summed E-state index contributed by atoms with van der Waals surface area (Å²) in [4.78, 5) is 14.8. The van der Waals surface area contributed by atoms with Gasteiger partial charge in [0.05, 0.1) is 6.42 Å². The van der Waals surface area contributed by atoms with Crippen molar-refractivity contribution in [1.29, 1.82) is 0 Å². The standard InChI is InChI=1S/C22H26N2O/c25-22(14-18-9-10-19-7-4-8-20(19)13-18)23-21-11-12-24(16-21)15-17-5-2-1-3-6-17/h1-3,5-6,9-10,13,21H,4,7-8,11-12,14-16H2,(H,23,25)/t21-/m0/s1. The third-order valence-electron chi connectivity index (χ3n) is 5.41. The average Bonchev–Trinajstić information content (AvgIpc) is 3.24. The Morgan fingerprint density at radius 2 is 1.88 bits per heavy atom. The molecule has 4 rings (SSSR count). The number of hydrogen-bond donors (Lipinski definition) is 1. The fourth-order valence-electron chi connectivity index (χ4n) is 4.13. The Balaban J connectivity index is 1.27. The van der Waals surface area contributed by atoms with Crippen LogP contribution in [0.4, 0.5) is 0 Å². The maximum Gasteiger partial charge on any atom is 0.224 e. The summed E-state index contributed by atoms with van der Waals surface area (Å²) in [5, 5.41) is 3.23. The first kappa shape index (κ1) is 16.3. The van der Waals surface area contributed by atoms with Crippen LogP contribution in [0.25, 0.3) is 0 Å². The summed E-state index contributed by atoms with van der Waals surface area (Å²) in [7, 11) is 0. The summed E-state index contributed by atoms with van der Waals surface area (Å²) >= 11 is 0. The molecule has 1 heterocycles. The Morgan fingerprint density at radius 1 is 1.04 bits per heavy atom. The molecule has 1 atom stereocenters. The van der Waals surface area contributed by atoms with Gasteiger partial charge in [0.2, 0.25) is 5.91 Å². The lowest BCUT2D eigenvalue weighted by molar-refractivity contribution is -0.121. The van der Waals surface area contributed by atoms with E-state index in [1.807, 2.05) is 0 Å². The molecule has 130 valence electrons. The largest absolute Gasteiger partial charge is 0.352 e. The SMILES string of the molecule is O=C(Cc1ccc2c(c1)CCC2)N[C@H]1CCN(Cc2ccccc2)C1. The fraction of sp³-hybridized carbons (Fsp3) is 0.409. The van der Waals surface area contributed by atoms with Crippen molar-refractivity contribution < 1.29 is 4.79 Å². The Labute approximate surface area is 150 Å². The topological polar surface area (TPSA) is 32.3 Å². The molecule has 25 heavy (non-hydrogen) atoms. The summed E-state index contributed by atoms with van der Waals surface area (Å²) in [6, 6.07) is 17.4. The summed E-state index contributed by atoms with van der Waals surface area (Å²) in [6.45, 7) is 2.97. The molecule has 1 N–H and O–H groups in total. The molecule has 0 radical (unpaired) electrons. The van der Waals surface area contributed by atoms with Crippen molar-refractivity contribution in [2.45, 2.75) is 44.7 Å². The fourth-order valence-corrected chi connectivity index (χ4v) is 4.13. The number of aryl methyl sites for hydroxylation is 2. The number of hydrogen-bond acceptors (Lipinski definition) is 2. The lowest BCUT2D eigenvalue weighted by Crippen LogP contribution is -2.37. The lowest BCUT2D eigenvalue weighted by atomic mass is 10.0. The Hall–Kier alpha value is -2.13. The van der Waals surface area contributed by atoms with Gasteiger partial charge in [0.1, 0.15) is 0 Å². The van der Waals surface area contributed by atoms with Gasteiger partial charge in [0.15, 0.2) is 0 Å². The van der Waals surface area contributed by atoms with Crippen molar-refractivity contribution in [3.63, 3.8) is 0 Å².